The van der Waals surface area contributed by atoms with Crippen LogP contribution in [0.5, 0.6) is 0 Å². The Morgan fingerprint density at radius 2 is 1.58 bits per heavy atom. The van der Waals surface area contributed by atoms with Gasteiger partial charge in [-0.25, -0.2) is 8.42 Å². The van der Waals surface area contributed by atoms with E-state index in [0.717, 1.165) is 16.7 Å². The second-order valence-electron chi connectivity index (χ2n) is 4.98. The Labute approximate surface area is 152 Å². The molecule has 1 aromatic heterocycles. The number of halogens is 2. The lowest BCUT2D eigenvalue weighted by Gasteiger charge is -2.02. The summed E-state index contributed by atoms with van der Waals surface area (Å²) in [6, 6.07) is 13.1. The minimum atomic E-state index is -3.86. The third-order valence-electron chi connectivity index (χ3n) is 3.28. The van der Waals surface area contributed by atoms with Gasteiger partial charge in [-0.1, -0.05) is 46.7 Å². The summed E-state index contributed by atoms with van der Waals surface area (Å²) in [6.07, 6.45) is 1.43. The summed E-state index contributed by atoms with van der Waals surface area (Å²) in [4.78, 5) is 11.9. The van der Waals surface area contributed by atoms with Crippen molar-refractivity contribution in [3.05, 3.63) is 79.1 Å². The molecule has 0 unspecified atom stereocenters. The molecule has 3 rings (SSSR count). The fourth-order valence-electron chi connectivity index (χ4n) is 2.09. The molecule has 0 spiro atoms. The molecule has 0 bridgehead atoms. The molecule has 0 aliphatic heterocycles. The van der Waals surface area contributed by atoms with Crippen LogP contribution in [-0.4, -0.2) is 8.42 Å². The minimum Gasteiger partial charge on any atom is -0.276 e. The first kappa shape index (κ1) is 17.2. The molecule has 0 amide bonds. The van der Waals surface area contributed by atoms with Crippen molar-refractivity contribution in [3.8, 4) is 0 Å². The molecule has 0 atom stereocenters. The fourth-order valence-corrected chi connectivity index (χ4v) is 4.61. The molecule has 24 heavy (non-hydrogen) atoms. The summed E-state index contributed by atoms with van der Waals surface area (Å²) >= 11 is 12.6. The number of fused-ring (bicyclic) bond motifs is 1. The van der Waals surface area contributed by atoms with Crippen LogP contribution >= 0.6 is 34.5 Å². The monoisotopic (exact) mass is 396 g/mol. The van der Waals surface area contributed by atoms with E-state index in [0.29, 0.717) is 25.7 Å². The van der Waals surface area contributed by atoms with Crippen LogP contribution in [0.25, 0.3) is 16.2 Å². The molecule has 1 heterocycles. The maximum atomic E-state index is 12.5. The van der Waals surface area contributed by atoms with Crippen LogP contribution in [-0.2, 0) is 9.84 Å². The molecule has 7 heteroatoms. The quantitative estimate of drug-likeness (QED) is 0.624. The van der Waals surface area contributed by atoms with E-state index in [1.54, 1.807) is 42.5 Å². The smallest absolute Gasteiger partial charge is 0.251 e. The van der Waals surface area contributed by atoms with Crippen LogP contribution in [0.1, 0.15) is 5.56 Å². The predicted molar refractivity (Wildman–Crippen MR) is 101 cm³/mol. The van der Waals surface area contributed by atoms with Crippen LogP contribution in [0.2, 0.25) is 10.0 Å². The van der Waals surface area contributed by atoms with Crippen LogP contribution in [0.15, 0.2) is 63.6 Å². The van der Waals surface area contributed by atoms with Crippen LogP contribution in [0.3, 0.4) is 0 Å². The molecule has 0 radical (unpaired) electrons. The summed E-state index contributed by atoms with van der Waals surface area (Å²) in [7, 11) is -3.86. The maximum absolute atomic E-state index is 12.5. The Balaban J connectivity index is 2.06. The number of sulfone groups is 1. The van der Waals surface area contributed by atoms with E-state index < -0.39 is 14.6 Å². The normalized spacial score (nSPS) is 12.1. The number of rotatable bonds is 3. The first-order chi connectivity index (χ1) is 11.3. The van der Waals surface area contributed by atoms with E-state index in [1.165, 1.54) is 12.1 Å². The van der Waals surface area contributed by atoms with Gasteiger partial charge >= 0.3 is 0 Å². The van der Waals surface area contributed by atoms with Crippen molar-refractivity contribution in [2.24, 2.45) is 0 Å². The summed E-state index contributed by atoms with van der Waals surface area (Å²) in [5.74, 6) is 0. The maximum Gasteiger partial charge on any atom is 0.251 e. The van der Waals surface area contributed by atoms with Crippen molar-refractivity contribution < 1.29 is 8.42 Å². The molecule has 0 saturated heterocycles. The van der Waals surface area contributed by atoms with Crippen molar-refractivity contribution in [1.29, 1.82) is 0 Å². The van der Waals surface area contributed by atoms with E-state index in [1.807, 2.05) is 0 Å². The van der Waals surface area contributed by atoms with Gasteiger partial charge in [0.15, 0.2) is 0 Å². The van der Waals surface area contributed by atoms with E-state index in [-0.39, 0.29) is 4.90 Å². The summed E-state index contributed by atoms with van der Waals surface area (Å²) in [5, 5.41) is 2.68. The van der Waals surface area contributed by atoms with Crippen LogP contribution in [0.4, 0.5) is 0 Å². The average Bonchev–Trinajstić information content (AvgIpc) is 2.54. The van der Waals surface area contributed by atoms with Crippen molar-refractivity contribution in [2.75, 3.05) is 0 Å². The highest BCUT2D eigenvalue weighted by Gasteiger charge is 2.16. The largest absolute Gasteiger partial charge is 0.276 e. The van der Waals surface area contributed by atoms with Gasteiger partial charge in [-0.05, 0) is 53.4 Å². The fraction of sp³-hybridized carbons (Fsp3) is 0. The molecule has 3 nitrogen and oxygen atoms in total. The standard InChI is InChI=1S/C17H10Cl2O3S2/c18-13-3-1-11(2-4-13)7-8-24(21,22)16-10-12-9-14(19)5-6-15(12)23-17(16)20/h1-10H. The minimum absolute atomic E-state index is 0.257. The Morgan fingerprint density at radius 1 is 0.917 bits per heavy atom. The zero-order valence-electron chi connectivity index (χ0n) is 12.1. The number of benzene rings is 2. The number of hydrogen-bond acceptors (Lipinski definition) is 4. The van der Waals surface area contributed by atoms with Gasteiger partial charge in [0, 0.05) is 20.2 Å². The first-order valence-electron chi connectivity index (χ1n) is 6.77. The van der Waals surface area contributed by atoms with Gasteiger partial charge in [-0.2, -0.15) is 0 Å². The Morgan fingerprint density at radius 3 is 2.29 bits per heavy atom. The molecule has 0 saturated carbocycles. The lowest BCUT2D eigenvalue weighted by atomic mass is 10.2. The van der Waals surface area contributed by atoms with E-state index in [2.05, 4.69) is 0 Å². The molecule has 2 aromatic carbocycles. The summed E-state index contributed by atoms with van der Waals surface area (Å²) < 4.78 is 25.1. The lowest BCUT2D eigenvalue weighted by Crippen LogP contribution is -2.09. The van der Waals surface area contributed by atoms with Gasteiger partial charge in [-0.15, -0.1) is 0 Å². The predicted octanol–water partition coefficient (Wildman–Crippen LogP) is 5.01. The Kier molecular flexibility index (Phi) is 4.78. The van der Waals surface area contributed by atoms with E-state index in [9.17, 15) is 13.2 Å². The van der Waals surface area contributed by atoms with Crippen molar-refractivity contribution in [3.63, 3.8) is 0 Å². The number of hydrogen-bond donors (Lipinski definition) is 0. The second kappa shape index (κ2) is 6.69. The Hall–Kier alpha value is -1.66. The highest BCUT2D eigenvalue weighted by Crippen LogP contribution is 2.24. The highest BCUT2D eigenvalue weighted by atomic mass is 35.5. The van der Waals surface area contributed by atoms with Gasteiger partial charge in [0.2, 0.25) is 9.84 Å². The zero-order valence-corrected chi connectivity index (χ0v) is 15.2. The molecule has 0 N–H and O–H groups in total. The van der Waals surface area contributed by atoms with Crippen molar-refractivity contribution in [1.82, 2.24) is 0 Å². The molecule has 0 fully saturated rings. The van der Waals surface area contributed by atoms with Crippen molar-refractivity contribution in [2.45, 2.75) is 4.90 Å². The summed E-state index contributed by atoms with van der Waals surface area (Å²) in [5.41, 5.74) is 0.669. The van der Waals surface area contributed by atoms with E-state index >= 15 is 0 Å². The molecule has 0 aliphatic rings. The molecular weight excluding hydrogens is 387 g/mol. The highest BCUT2D eigenvalue weighted by molar-refractivity contribution is 7.94. The van der Waals surface area contributed by atoms with E-state index in [4.69, 9.17) is 23.2 Å². The van der Waals surface area contributed by atoms with Crippen LogP contribution in [0, 0.1) is 0 Å². The topological polar surface area (TPSA) is 51.2 Å². The molecule has 3 aromatic rings. The third kappa shape index (κ3) is 3.70. The van der Waals surface area contributed by atoms with Crippen LogP contribution < -0.4 is 4.74 Å². The van der Waals surface area contributed by atoms with Gasteiger partial charge < -0.3 is 0 Å². The zero-order chi connectivity index (χ0) is 17.3. The molecule has 0 aliphatic carbocycles. The Bertz CT molecular complexity index is 1100. The lowest BCUT2D eigenvalue weighted by molar-refractivity contribution is 0.604. The SMILES string of the molecule is O=c1sc2ccc(Cl)cc2cc1S(=O)(=O)C=Cc1ccc(Cl)cc1. The summed E-state index contributed by atoms with van der Waals surface area (Å²) in [6.45, 7) is 0. The third-order valence-corrected chi connectivity index (χ3v) is 6.30. The van der Waals surface area contributed by atoms with Gasteiger partial charge in [-0.3, -0.25) is 4.79 Å². The second-order valence-corrected chi connectivity index (χ2v) is 8.67. The average molecular weight is 397 g/mol. The molecular formula is C17H10Cl2O3S2. The van der Waals surface area contributed by atoms with Gasteiger partial charge in [0.25, 0.3) is 4.74 Å². The first-order valence-corrected chi connectivity index (χ1v) is 9.89. The van der Waals surface area contributed by atoms with Gasteiger partial charge in [0.05, 0.1) is 0 Å². The van der Waals surface area contributed by atoms with Crippen molar-refractivity contribution >= 4 is 60.5 Å². The molecule has 122 valence electrons. The van der Waals surface area contributed by atoms with Gasteiger partial charge in [0.1, 0.15) is 4.90 Å².